The van der Waals surface area contributed by atoms with Gasteiger partial charge in [0.1, 0.15) is 0 Å². The van der Waals surface area contributed by atoms with E-state index in [2.05, 4.69) is 26.0 Å². The molecule has 2 N–H and O–H groups in total. The Labute approximate surface area is 220 Å². The lowest BCUT2D eigenvalue weighted by Crippen LogP contribution is -2.28. The highest BCUT2D eigenvalue weighted by Gasteiger charge is 2.21. The first-order valence-electron chi connectivity index (χ1n) is 11.5. The van der Waals surface area contributed by atoms with Crippen LogP contribution in [0.2, 0.25) is 5.02 Å². The van der Waals surface area contributed by atoms with Gasteiger partial charge in [-0.05, 0) is 62.7 Å². The number of nitrogens with zero attached hydrogens (tertiary/aromatic N) is 4. The van der Waals surface area contributed by atoms with Gasteiger partial charge in [-0.3, -0.25) is 9.36 Å². The average Bonchev–Trinajstić information content (AvgIpc) is 3.29. The summed E-state index contributed by atoms with van der Waals surface area (Å²) in [7, 11) is 0. The zero-order chi connectivity index (χ0) is 25.5. The number of hydrazone groups is 1. The number of nitrogens with one attached hydrogen (secondary N) is 2. The first kappa shape index (κ1) is 25.5. The Morgan fingerprint density at radius 3 is 2.42 bits per heavy atom. The fraction of sp³-hybridized carbons (Fsp3) is 0.185. The maximum atomic E-state index is 12.8. The van der Waals surface area contributed by atoms with Crippen LogP contribution in [0.1, 0.15) is 30.8 Å². The Bertz CT molecular complexity index is 1340. The summed E-state index contributed by atoms with van der Waals surface area (Å²) >= 11 is 7.32. The summed E-state index contributed by atoms with van der Waals surface area (Å²) in [6, 6.07) is 25.3. The van der Waals surface area contributed by atoms with E-state index in [1.807, 2.05) is 104 Å². The zero-order valence-corrected chi connectivity index (χ0v) is 21.8. The van der Waals surface area contributed by atoms with Gasteiger partial charge in [-0.1, -0.05) is 71.4 Å². The summed E-state index contributed by atoms with van der Waals surface area (Å²) in [6.07, 6.45) is 0. The summed E-state index contributed by atoms with van der Waals surface area (Å²) in [5.41, 5.74) is 7.39. The fourth-order valence-electron chi connectivity index (χ4n) is 3.38. The quantitative estimate of drug-likeness (QED) is 0.165. The number of carbonyl (C=O) groups is 1. The lowest BCUT2D eigenvalue weighted by Gasteiger charge is -2.13. The van der Waals surface area contributed by atoms with E-state index in [4.69, 9.17) is 11.6 Å². The van der Waals surface area contributed by atoms with Gasteiger partial charge in [-0.2, -0.15) is 5.10 Å². The highest BCUT2D eigenvalue weighted by atomic mass is 35.5. The van der Waals surface area contributed by atoms with E-state index in [0.29, 0.717) is 16.7 Å². The minimum Gasteiger partial charge on any atom is -0.378 e. The monoisotopic (exact) mass is 518 g/mol. The molecule has 1 heterocycles. The molecule has 9 heteroatoms. The Kier molecular flexibility index (Phi) is 8.40. The maximum Gasteiger partial charge on any atom is 0.253 e. The molecule has 7 nitrogen and oxygen atoms in total. The molecular formula is C27H27ClN6OS. The summed E-state index contributed by atoms with van der Waals surface area (Å²) < 4.78 is 1.96. The molecule has 36 heavy (non-hydrogen) atoms. The van der Waals surface area contributed by atoms with Crippen molar-refractivity contribution in [3.63, 3.8) is 0 Å². The molecule has 0 aliphatic rings. The molecule has 0 aliphatic carbocycles. The third-order valence-corrected chi connectivity index (χ3v) is 6.76. The number of benzene rings is 3. The SMILES string of the molecule is C/C(=N\NC(=O)C(C)Sc1nnc(CNc2ccc(Cl)cc2)n1-c1ccccc1)c1ccc(C)cc1. The largest absolute Gasteiger partial charge is 0.378 e. The van der Waals surface area contributed by atoms with Crippen LogP contribution in [0.5, 0.6) is 0 Å². The molecule has 1 unspecified atom stereocenters. The molecule has 1 atom stereocenters. The predicted molar refractivity (Wildman–Crippen MR) is 147 cm³/mol. The molecular weight excluding hydrogens is 492 g/mol. The Morgan fingerprint density at radius 2 is 1.72 bits per heavy atom. The highest BCUT2D eigenvalue weighted by Crippen LogP contribution is 2.26. The number of halogens is 1. The third-order valence-electron chi connectivity index (χ3n) is 5.46. The van der Waals surface area contributed by atoms with E-state index >= 15 is 0 Å². The molecule has 0 aliphatic heterocycles. The number of aromatic nitrogens is 3. The van der Waals surface area contributed by atoms with Crippen molar-refractivity contribution in [1.29, 1.82) is 0 Å². The first-order valence-corrected chi connectivity index (χ1v) is 12.7. The van der Waals surface area contributed by atoms with Gasteiger partial charge in [0, 0.05) is 16.4 Å². The number of para-hydroxylation sites is 1. The number of anilines is 1. The van der Waals surface area contributed by atoms with Gasteiger partial charge in [-0.15, -0.1) is 10.2 Å². The third kappa shape index (κ3) is 6.53. The molecule has 0 saturated carbocycles. The van der Waals surface area contributed by atoms with Gasteiger partial charge in [0.2, 0.25) is 0 Å². The van der Waals surface area contributed by atoms with E-state index < -0.39 is 5.25 Å². The topological polar surface area (TPSA) is 84.2 Å². The highest BCUT2D eigenvalue weighted by molar-refractivity contribution is 8.00. The Hall–Kier alpha value is -3.62. The van der Waals surface area contributed by atoms with Crippen molar-refractivity contribution in [2.75, 3.05) is 5.32 Å². The zero-order valence-electron chi connectivity index (χ0n) is 20.3. The van der Waals surface area contributed by atoms with Crippen LogP contribution in [-0.4, -0.2) is 31.6 Å². The van der Waals surface area contributed by atoms with E-state index in [1.165, 1.54) is 17.3 Å². The number of aryl methyl sites for hydroxylation is 1. The summed E-state index contributed by atoms with van der Waals surface area (Å²) in [4.78, 5) is 12.8. The van der Waals surface area contributed by atoms with E-state index in [9.17, 15) is 4.79 Å². The van der Waals surface area contributed by atoms with E-state index in [0.717, 1.165) is 28.5 Å². The molecule has 0 bridgehead atoms. The molecule has 0 radical (unpaired) electrons. The minimum absolute atomic E-state index is 0.213. The Morgan fingerprint density at radius 1 is 1.03 bits per heavy atom. The normalized spacial score (nSPS) is 12.3. The molecule has 4 rings (SSSR count). The van der Waals surface area contributed by atoms with Gasteiger partial charge in [0.15, 0.2) is 11.0 Å². The number of rotatable bonds is 9. The molecule has 3 aromatic carbocycles. The fourth-order valence-corrected chi connectivity index (χ4v) is 4.38. The lowest BCUT2D eigenvalue weighted by atomic mass is 10.1. The first-order chi connectivity index (χ1) is 17.4. The second kappa shape index (κ2) is 11.9. The van der Waals surface area contributed by atoms with Gasteiger partial charge >= 0.3 is 0 Å². The van der Waals surface area contributed by atoms with Gasteiger partial charge in [0.25, 0.3) is 5.91 Å². The number of hydrogen-bond acceptors (Lipinski definition) is 6. The molecule has 0 saturated heterocycles. The van der Waals surface area contributed by atoms with Crippen LogP contribution >= 0.6 is 23.4 Å². The van der Waals surface area contributed by atoms with Crippen molar-refractivity contribution in [1.82, 2.24) is 20.2 Å². The number of amides is 1. The van der Waals surface area contributed by atoms with Crippen molar-refractivity contribution in [3.05, 3.63) is 101 Å². The molecule has 0 spiro atoms. The molecule has 4 aromatic rings. The van der Waals surface area contributed by atoms with Crippen molar-refractivity contribution in [2.45, 2.75) is 37.7 Å². The summed E-state index contributed by atoms with van der Waals surface area (Å²) in [6.45, 7) is 6.18. The average molecular weight is 519 g/mol. The number of hydrogen-bond donors (Lipinski definition) is 2. The van der Waals surface area contributed by atoms with Crippen LogP contribution in [0.15, 0.2) is 89.1 Å². The van der Waals surface area contributed by atoms with Gasteiger partial charge in [-0.25, -0.2) is 5.43 Å². The predicted octanol–water partition coefficient (Wildman–Crippen LogP) is 5.86. The second-order valence-corrected chi connectivity index (χ2v) is 9.97. The van der Waals surface area contributed by atoms with Crippen LogP contribution in [0.3, 0.4) is 0 Å². The van der Waals surface area contributed by atoms with Gasteiger partial charge in [0.05, 0.1) is 17.5 Å². The second-order valence-electron chi connectivity index (χ2n) is 8.23. The molecule has 0 fully saturated rings. The van der Waals surface area contributed by atoms with Gasteiger partial charge < -0.3 is 5.32 Å². The standard InChI is InChI=1S/C27H27ClN6OS/c1-18-9-11-21(12-10-18)19(2)30-32-26(35)20(3)36-27-33-31-25(34(27)24-7-5-4-6-8-24)17-29-23-15-13-22(28)14-16-23/h4-16,20,29H,17H2,1-3H3,(H,32,35)/b30-19+. The van der Waals surface area contributed by atoms with E-state index in [-0.39, 0.29) is 5.91 Å². The van der Waals surface area contributed by atoms with Crippen molar-refractivity contribution in [2.24, 2.45) is 5.10 Å². The van der Waals surface area contributed by atoms with Crippen molar-refractivity contribution >= 4 is 40.7 Å². The van der Waals surface area contributed by atoms with Crippen LogP contribution < -0.4 is 10.7 Å². The minimum atomic E-state index is -0.441. The number of carbonyl (C=O) groups excluding carboxylic acids is 1. The van der Waals surface area contributed by atoms with Crippen LogP contribution in [-0.2, 0) is 11.3 Å². The number of thioether (sulfide) groups is 1. The lowest BCUT2D eigenvalue weighted by molar-refractivity contribution is -0.120. The maximum absolute atomic E-state index is 12.8. The van der Waals surface area contributed by atoms with Crippen LogP contribution in [0, 0.1) is 6.92 Å². The summed E-state index contributed by atoms with van der Waals surface area (Å²) in [5.74, 6) is 0.509. The van der Waals surface area contributed by atoms with Crippen LogP contribution in [0.4, 0.5) is 5.69 Å². The van der Waals surface area contributed by atoms with Crippen LogP contribution in [0.25, 0.3) is 5.69 Å². The van der Waals surface area contributed by atoms with Crippen molar-refractivity contribution in [3.8, 4) is 5.69 Å². The Balaban J connectivity index is 1.48. The molecule has 1 amide bonds. The molecule has 1 aromatic heterocycles. The van der Waals surface area contributed by atoms with Crippen molar-refractivity contribution < 1.29 is 4.79 Å². The summed E-state index contributed by atoms with van der Waals surface area (Å²) in [5, 5.41) is 17.3. The molecule has 184 valence electrons. The smallest absolute Gasteiger partial charge is 0.253 e. The van der Waals surface area contributed by atoms with E-state index in [1.54, 1.807) is 0 Å².